The van der Waals surface area contributed by atoms with E-state index in [0.717, 1.165) is 17.1 Å². The fourth-order valence-corrected chi connectivity index (χ4v) is 1.41. The highest BCUT2D eigenvalue weighted by molar-refractivity contribution is 5.39. The molecule has 0 amide bonds. The Morgan fingerprint density at radius 1 is 1.43 bits per heavy atom. The van der Waals surface area contributed by atoms with Crippen LogP contribution in [-0.2, 0) is 6.61 Å². The zero-order valence-electron chi connectivity index (χ0n) is 7.88. The molecule has 0 spiro atoms. The van der Waals surface area contributed by atoms with Crippen LogP contribution in [0.2, 0.25) is 0 Å². The summed E-state index contributed by atoms with van der Waals surface area (Å²) in [4.78, 5) is 8.09. The molecule has 0 aliphatic heterocycles. The summed E-state index contributed by atoms with van der Waals surface area (Å²) in [5.41, 5.74) is 1.73. The zero-order valence-corrected chi connectivity index (χ0v) is 7.88. The van der Waals surface area contributed by atoms with E-state index in [-0.39, 0.29) is 6.61 Å². The molecule has 0 saturated carbocycles. The summed E-state index contributed by atoms with van der Waals surface area (Å²) in [6.45, 7) is 1.91. The maximum absolute atomic E-state index is 9.13. The van der Waals surface area contributed by atoms with Crippen molar-refractivity contribution in [2.45, 2.75) is 13.5 Å². The first-order valence-electron chi connectivity index (χ1n) is 4.37. The minimum atomic E-state index is -0.0131. The molecular formula is C10H11N3O. The standard InChI is InChI=1S/C10H11N3O/c1-8-12-4-5-13(8)10-2-3-11-6-9(10)7-14/h2-6,14H,7H2,1H3. The average molecular weight is 189 g/mol. The SMILES string of the molecule is Cc1nccn1-c1ccncc1CO. The second-order valence-electron chi connectivity index (χ2n) is 3.01. The lowest BCUT2D eigenvalue weighted by molar-refractivity contribution is 0.281. The van der Waals surface area contributed by atoms with E-state index < -0.39 is 0 Å². The van der Waals surface area contributed by atoms with Crippen LogP contribution in [0.5, 0.6) is 0 Å². The number of aliphatic hydroxyl groups excluding tert-OH is 1. The van der Waals surface area contributed by atoms with Gasteiger partial charge in [0.1, 0.15) is 5.82 Å². The molecule has 4 nitrogen and oxygen atoms in total. The van der Waals surface area contributed by atoms with Gasteiger partial charge in [0.2, 0.25) is 0 Å². The number of aliphatic hydroxyl groups is 1. The van der Waals surface area contributed by atoms with Crippen molar-refractivity contribution in [2.24, 2.45) is 0 Å². The quantitative estimate of drug-likeness (QED) is 0.768. The van der Waals surface area contributed by atoms with Gasteiger partial charge in [-0.25, -0.2) is 4.98 Å². The van der Waals surface area contributed by atoms with E-state index in [1.807, 2.05) is 23.8 Å². The molecule has 1 N–H and O–H groups in total. The second-order valence-corrected chi connectivity index (χ2v) is 3.01. The molecule has 0 fully saturated rings. The highest BCUT2D eigenvalue weighted by Crippen LogP contribution is 2.14. The van der Waals surface area contributed by atoms with Crippen molar-refractivity contribution < 1.29 is 5.11 Å². The molecule has 0 unspecified atom stereocenters. The molecule has 0 aromatic carbocycles. The van der Waals surface area contributed by atoms with Gasteiger partial charge >= 0.3 is 0 Å². The first kappa shape index (κ1) is 8.90. The third kappa shape index (κ3) is 1.40. The van der Waals surface area contributed by atoms with Crippen LogP contribution < -0.4 is 0 Å². The fourth-order valence-electron chi connectivity index (χ4n) is 1.41. The Morgan fingerprint density at radius 3 is 2.93 bits per heavy atom. The number of aromatic nitrogens is 3. The van der Waals surface area contributed by atoms with E-state index in [9.17, 15) is 0 Å². The van der Waals surface area contributed by atoms with Crippen LogP contribution in [0, 0.1) is 6.92 Å². The van der Waals surface area contributed by atoms with Gasteiger partial charge in [-0.05, 0) is 13.0 Å². The summed E-state index contributed by atoms with van der Waals surface area (Å²) >= 11 is 0. The molecule has 2 rings (SSSR count). The predicted octanol–water partition coefficient (Wildman–Crippen LogP) is 1.07. The van der Waals surface area contributed by atoms with Gasteiger partial charge in [0.15, 0.2) is 0 Å². The number of pyridine rings is 1. The van der Waals surface area contributed by atoms with Gasteiger partial charge in [-0.2, -0.15) is 0 Å². The molecule has 72 valence electrons. The summed E-state index contributed by atoms with van der Waals surface area (Å²) in [6, 6.07) is 1.86. The summed E-state index contributed by atoms with van der Waals surface area (Å²) in [5, 5.41) is 9.13. The van der Waals surface area contributed by atoms with Crippen molar-refractivity contribution in [3.05, 3.63) is 42.2 Å². The van der Waals surface area contributed by atoms with Crippen molar-refractivity contribution in [1.82, 2.24) is 14.5 Å². The molecular weight excluding hydrogens is 178 g/mol. The fraction of sp³-hybridized carbons (Fsp3) is 0.200. The lowest BCUT2D eigenvalue weighted by Gasteiger charge is -2.08. The molecule has 0 radical (unpaired) electrons. The van der Waals surface area contributed by atoms with Gasteiger partial charge < -0.3 is 9.67 Å². The van der Waals surface area contributed by atoms with E-state index in [4.69, 9.17) is 5.11 Å². The van der Waals surface area contributed by atoms with E-state index in [1.54, 1.807) is 18.6 Å². The Kier molecular flexibility index (Phi) is 2.28. The van der Waals surface area contributed by atoms with Gasteiger partial charge in [-0.3, -0.25) is 4.98 Å². The van der Waals surface area contributed by atoms with E-state index in [2.05, 4.69) is 9.97 Å². The Hall–Kier alpha value is -1.68. The van der Waals surface area contributed by atoms with E-state index >= 15 is 0 Å². The highest BCUT2D eigenvalue weighted by atomic mass is 16.3. The van der Waals surface area contributed by atoms with E-state index in [0.29, 0.717) is 0 Å². The molecule has 2 aromatic heterocycles. The maximum Gasteiger partial charge on any atom is 0.110 e. The summed E-state index contributed by atoms with van der Waals surface area (Å²) in [5.74, 6) is 0.894. The summed E-state index contributed by atoms with van der Waals surface area (Å²) < 4.78 is 1.92. The highest BCUT2D eigenvalue weighted by Gasteiger charge is 2.04. The molecule has 2 heterocycles. The van der Waals surface area contributed by atoms with Crippen molar-refractivity contribution in [3.63, 3.8) is 0 Å². The largest absolute Gasteiger partial charge is 0.392 e. The predicted molar refractivity (Wildman–Crippen MR) is 52.0 cm³/mol. The minimum absolute atomic E-state index is 0.0131. The molecule has 0 saturated heterocycles. The van der Waals surface area contributed by atoms with Crippen molar-refractivity contribution in [1.29, 1.82) is 0 Å². The van der Waals surface area contributed by atoms with Crippen LogP contribution in [0.3, 0.4) is 0 Å². The molecule has 0 bridgehead atoms. The van der Waals surface area contributed by atoms with Crippen LogP contribution in [0.1, 0.15) is 11.4 Å². The van der Waals surface area contributed by atoms with Crippen LogP contribution in [0.25, 0.3) is 5.69 Å². The topological polar surface area (TPSA) is 50.9 Å². The smallest absolute Gasteiger partial charge is 0.110 e. The van der Waals surface area contributed by atoms with Crippen LogP contribution in [0.4, 0.5) is 0 Å². The third-order valence-corrected chi connectivity index (χ3v) is 2.13. The molecule has 0 atom stereocenters. The Labute approximate surface area is 81.9 Å². The number of aryl methyl sites for hydroxylation is 1. The van der Waals surface area contributed by atoms with Crippen molar-refractivity contribution >= 4 is 0 Å². The number of nitrogens with zero attached hydrogens (tertiary/aromatic N) is 3. The molecule has 2 aromatic rings. The van der Waals surface area contributed by atoms with Gasteiger partial charge in [-0.1, -0.05) is 0 Å². The number of rotatable bonds is 2. The first-order chi connectivity index (χ1) is 6.83. The van der Waals surface area contributed by atoms with Crippen LogP contribution in [-0.4, -0.2) is 19.6 Å². The van der Waals surface area contributed by atoms with Crippen molar-refractivity contribution in [3.8, 4) is 5.69 Å². The van der Waals surface area contributed by atoms with Gasteiger partial charge in [-0.15, -0.1) is 0 Å². The summed E-state index contributed by atoms with van der Waals surface area (Å²) in [6.07, 6.45) is 6.96. The Balaban J connectivity index is 2.56. The van der Waals surface area contributed by atoms with Crippen LogP contribution in [0.15, 0.2) is 30.9 Å². The Morgan fingerprint density at radius 2 is 2.29 bits per heavy atom. The average Bonchev–Trinajstić information content (AvgIpc) is 2.64. The molecule has 14 heavy (non-hydrogen) atoms. The number of imidazole rings is 1. The molecule has 4 heteroatoms. The second kappa shape index (κ2) is 3.59. The first-order valence-corrected chi connectivity index (χ1v) is 4.37. The maximum atomic E-state index is 9.13. The monoisotopic (exact) mass is 189 g/mol. The van der Waals surface area contributed by atoms with Gasteiger partial charge in [0.25, 0.3) is 0 Å². The molecule has 0 aliphatic rings. The lowest BCUT2D eigenvalue weighted by Crippen LogP contribution is -2.01. The van der Waals surface area contributed by atoms with Gasteiger partial charge in [0, 0.05) is 30.4 Å². The number of hydrogen-bond acceptors (Lipinski definition) is 3. The minimum Gasteiger partial charge on any atom is -0.392 e. The Bertz CT molecular complexity index is 436. The number of hydrogen-bond donors (Lipinski definition) is 1. The van der Waals surface area contributed by atoms with Gasteiger partial charge in [0.05, 0.1) is 12.3 Å². The van der Waals surface area contributed by atoms with E-state index in [1.165, 1.54) is 0 Å². The van der Waals surface area contributed by atoms with Crippen LogP contribution >= 0.6 is 0 Å². The zero-order chi connectivity index (χ0) is 9.97. The normalized spacial score (nSPS) is 10.4. The van der Waals surface area contributed by atoms with Crippen molar-refractivity contribution in [2.75, 3.05) is 0 Å². The summed E-state index contributed by atoms with van der Waals surface area (Å²) in [7, 11) is 0. The third-order valence-electron chi connectivity index (χ3n) is 2.13. The molecule has 0 aliphatic carbocycles. The lowest BCUT2D eigenvalue weighted by atomic mass is 10.2.